The number of nitrogens with zero attached hydrogens (tertiary/aromatic N) is 2. The number of halogens is 2. The van der Waals surface area contributed by atoms with Crippen LogP contribution in [0.25, 0.3) is 0 Å². The van der Waals surface area contributed by atoms with E-state index in [4.69, 9.17) is 11.6 Å². The average Bonchev–Trinajstić information content (AvgIpc) is 3.09. The molecule has 2 aromatic rings. The van der Waals surface area contributed by atoms with Gasteiger partial charge in [0.05, 0.1) is 22.5 Å². The summed E-state index contributed by atoms with van der Waals surface area (Å²) in [6.45, 7) is 0.683. The summed E-state index contributed by atoms with van der Waals surface area (Å²) < 4.78 is 25.1. The van der Waals surface area contributed by atoms with Crippen LogP contribution < -0.4 is 10.6 Å². The minimum atomic E-state index is -3.23. The van der Waals surface area contributed by atoms with Crippen LogP contribution >= 0.6 is 27.5 Å². The Morgan fingerprint density at radius 3 is 2.59 bits per heavy atom. The van der Waals surface area contributed by atoms with Crippen molar-refractivity contribution in [2.75, 3.05) is 24.7 Å². The summed E-state index contributed by atoms with van der Waals surface area (Å²) in [5.41, 5.74) is 0.495. The van der Waals surface area contributed by atoms with Gasteiger partial charge in [-0.3, -0.25) is 14.7 Å². The van der Waals surface area contributed by atoms with Crippen molar-refractivity contribution in [2.24, 2.45) is 0 Å². The molecule has 9 nitrogen and oxygen atoms in total. The van der Waals surface area contributed by atoms with Gasteiger partial charge in [-0.15, -0.1) is 0 Å². The van der Waals surface area contributed by atoms with Crippen molar-refractivity contribution in [1.82, 2.24) is 19.8 Å². The molecule has 0 aliphatic carbocycles. The summed E-state index contributed by atoms with van der Waals surface area (Å²) in [5, 5.41) is 12.2. The molecule has 2 heterocycles. The van der Waals surface area contributed by atoms with Crippen LogP contribution in [-0.4, -0.2) is 60.1 Å². The van der Waals surface area contributed by atoms with E-state index in [1.165, 1.54) is 16.8 Å². The number of carbonyl (C=O) groups is 2. The van der Waals surface area contributed by atoms with Gasteiger partial charge in [0.2, 0.25) is 10.0 Å². The Balaban J connectivity index is 1.66. The molecule has 3 rings (SSSR count). The number of aromatic amines is 1. The zero-order valence-corrected chi connectivity index (χ0v) is 18.6. The normalized spacial score (nSPS) is 15.8. The van der Waals surface area contributed by atoms with E-state index in [1.807, 2.05) is 0 Å². The van der Waals surface area contributed by atoms with Crippen molar-refractivity contribution < 1.29 is 18.0 Å². The number of benzene rings is 1. The van der Waals surface area contributed by atoms with E-state index in [0.29, 0.717) is 30.4 Å². The largest absolute Gasteiger partial charge is 0.348 e. The van der Waals surface area contributed by atoms with Gasteiger partial charge in [0.25, 0.3) is 11.8 Å². The lowest BCUT2D eigenvalue weighted by Crippen LogP contribution is -2.46. The fourth-order valence-corrected chi connectivity index (χ4v) is 4.84. The van der Waals surface area contributed by atoms with Gasteiger partial charge in [0.15, 0.2) is 5.69 Å². The van der Waals surface area contributed by atoms with E-state index in [2.05, 4.69) is 36.8 Å². The molecule has 1 aliphatic rings. The van der Waals surface area contributed by atoms with Gasteiger partial charge in [-0.05, 0) is 40.9 Å². The van der Waals surface area contributed by atoms with Gasteiger partial charge in [-0.1, -0.05) is 17.7 Å². The highest BCUT2D eigenvalue weighted by Gasteiger charge is 2.27. The second-order valence-electron chi connectivity index (χ2n) is 6.61. The third-order valence-corrected chi connectivity index (χ3v) is 6.83. The van der Waals surface area contributed by atoms with Crippen LogP contribution in [0, 0.1) is 0 Å². The third kappa shape index (κ3) is 5.16. The number of anilines is 1. The monoisotopic (exact) mass is 503 g/mol. The van der Waals surface area contributed by atoms with Gasteiger partial charge < -0.3 is 10.6 Å². The molecule has 0 atom stereocenters. The lowest BCUT2D eigenvalue weighted by Gasteiger charge is -2.30. The molecule has 0 unspecified atom stereocenters. The Bertz CT molecular complexity index is 1010. The Hall–Kier alpha value is -1.95. The van der Waals surface area contributed by atoms with Crippen LogP contribution in [0.15, 0.2) is 28.9 Å². The molecule has 156 valence electrons. The summed E-state index contributed by atoms with van der Waals surface area (Å²) in [4.78, 5) is 25.2. The highest BCUT2D eigenvalue weighted by Crippen LogP contribution is 2.26. The van der Waals surface area contributed by atoms with Crippen LogP contribution in [-0.2, 0) is 10.0 Å². The number of H-pyrrole nitrogens is 1. The van der Waals surface area contributed by atoms with E-state index in [1.54, 1.807) is 18.2 Å². The maximum absolute atomic E-state index is 12.6. The van der Waals surface area contributed by atoms with Gasteiger partial charge in [-0.25, -0.2) is 12.7 Å². The number of aromatic nitrogens is 2. The van der Waals surface area contributed by atoms with Crippen molar-refractivity contribution >= 4 is 55.1 Å². The van der Waals surface area contributed by atoms with Gasteiger partial charge >= 0.3 is 0 Å². The van der Waals surface area contributed by atoms with Crippen LogP contribution in [0.3, 0.4) is 0 Å². The van der Waals surface area contributed by atoms with E-state index >= 15 is 0 Å². The molecule has 1 aliphatic heterocycles. The predicted molar refractivity (Wildman–Crippen MR) is 113 cm³/mol. The number of hydrogen-bond donors (Lipinski definition) is 3. The number of amides is 2. The fourth-order valence-electron chi connectivity index (χ4n) is 3.04. The molecule has 0 saturated carbocycles. The van der Waals surface area contributed by atoms with Crippen molar-refractivity contribution in [2.45, 2.75) is 18.9 Å². The number of piperidine rings is 1. The van der Waals surface area contributed by atoms with Crippen molar-refractivity contribution in [1.29, 1.82) is 0 Å². The predicted octanol–water partition coefficient (Wildman–Crippen LogP) is 2.23. The number of sulfonamides is 1. The van der Waals surface area contributed by atoms with Crippen molar-refractivity contribution in [3.05, 3.63) is 45.1 Å². The molecular weight excluding hydrogens is 486 g/mol. The van der Waals surface area contributed by atoms with Gasteiger partial charge in [0.1, 0.15) is 0 Å². The molecule has 1 aromatic heterocycles. The molecular formula is C17H19BrClN5O4S. The summed E-state index contributed by atoms with van der Waals surface area (Å²) in [7, 11) is -3.23. The van der Waals surface area contributed by atoms with Crippen LogP contribution in [0.2, 0.25) is 5.02 Å². The first-order chi connectivity index (χ1) is 13.7. The molecule has 1 aromatic carbocycles. The second-order valence-corrected chi connectivity index (χ2v) is 9.85. The summed E-state index contributed by atoms with van der Waals surface area (Å²) in [5.74, 6) is -0.947. The zero-order valence-electron chi connectivity index (χ0n) is 15.4. The van der Waals surface area contributed by atoms with Crippen LogP contribution in [0.5, 0.6) is 0 Å². The van der Waals surface area contributed by atoms with E-state index in [0.717, 1.165) is 0 Å². The number of carbonyl (C=O) groups excluding carboxylic acids is 2. The molecule has 1 fully saturated rings. The number of rotatable bonds is 5. The first kappa shape index (κ1) is 21.8. The highest BCUT2D eigenvalue weighted by molar-refractivity contribution is 9.10. The Morgan fingerprint density at radius 1 is 1.28 bits per heavy atom. The minimum absolute atomic E-state index is 0.0343. The maximum Gasteiger partial charge on any atom is 0.274 e. The van der Waals surface area contributed by atoms with Crippen molar-refractivity contribution in [3.63, 3.8) is 0 Å². The van der Waals surface area contributed by atoms with Crippen LogP contribution in [0.4, 0.5) is 5.69 Å². The lowest BCUT2D eigenvalue weighted by atomic mass is 10.1. The highest BCUT2D eigenvalue weighted by atomic mass is 79.9. The first-order valence-corrected chi connectivity index (χ1v) is 11.7. The molecule has 3 N–H and O–H groups in total. The van der Waals surface area contributed by atoms with E-state index < -0.39 is 21.8 Å². The topological polar surface area (TPSA) is 124 Å². The Labute approximate surface area is 181 Å². The molecule has 1 saturated heterocycles. The minimum Gasteiger partial charge on any atom is -0.348 e. The first-order valence-electron chi connectivity index (χ1n) is 8.72. The Morgan fingerprint density at radius 2 is 1.97 bits per heavy atom. The van der Waals surface area contributed by atoms with Crippen molar-refractivity contribution in [3.8, 4) is 0 Å². The van der Waals surface area contributed by atoms with Gasteiger partial charge in [-0.2, -0.15) is 5.10 Å². The standard InChI is InChI=1S/C17H19BrClN5O4S/c1-29(27,28)24-7-5-10(6-8-24)21-17(26)15-13(9-20-23-15)22-16(25)14-11(18)3-2-4-12(14)19/h2-4,9-10H,5-8H2,1H3,(H,20,23)(H,21,26)(H,22,25). The molecule has 2 amide bonds. The number of hydrogen-bond acceptors (Lipinski definition) is 5. The maximum atomic E-state index is 12.6. The SMILES string of the molecule is CS(=O)(=O)N1CCC(NC(=O)c2n[nH]cc2NC(=O)c2c(Cl)cccc2Br)CC1. The Kier molecular flexibility index (Phi) is 6.62. The molecule has 0 spiro atoms. The van der Waals surface area contributed by atoms with E-state index in [-0.39, 0.29) is 28.0 Å². The molecule has 0 bridgehead atoms. The van der Waals surface area contributed by atoms with Gasteiger partial charge in [0, 0.05) is 29.8 Å². The average molecular weight is 505 g/mol. The fraction of sp³-hybridized carbons (Fsp3) is 0.353. The zero-order chi connectivity index (χ0) is 21.2. The third-order valence-electron chi connectivity index (χ3n) is 4.55. The quantitative estimate of drug-likeness (QED) is 0.576. The van der Waals surface area contributed by atoms with E-state index in [9.17, 15) is 18.0 Å². The molecule has 0 radical (unpaired) electrons. The summed E-state index contributed by atoms with van der Waals surface area (Å²) in [6, 6.07) is 4.80. The summed E-state index contributed by atoms with van der Waals surface area (Å²) in [6.07, 6.45) is 3.57. The lowest BCUT2D eigenvalue weighted by molar-refractivity contribution is 0.0919. The molecule has 12 heteroatoms. The second kappa shape index (κ2) is 8.82. The number of nitrogens with one attached hydrogen (secondary N) is 3. The molecule has 29 heavy (non-hydrogen) atoms. The van der Waals surface area contributed by atoms with Crippen LogP contribution in [0.1, 0.15) is 33.7 Å². The summed E-state index contributed by atoms with van der Waals surface area (Å²) >= 11 is 9.39. The smallest absolute Gasteiger partial charge is 0.274 e.